The fourth-order valence-corrected chi connectivity index (χ4v) is 3.61. The molecule has 0 radical (unpaired) electrons. The van der Waals surface area contributed by atoms with Crippen LogP contribution in [-0.4, -0.2) is 17.2 Å². The summed E-state index contributed by atoms with van der Waals surface area (Å²) in [7, 11) is 2.08. The molecule has 0 bridgehead atoms. The number of hydrogen-bond acceptors (Lipinski definition) is 2. The maximum Gasteiger partial charge on any atom is 0.0991 e. The van der Waals surface area contributed by atoms with E-state index in [1.54, 1.807) is 6.08 Å². The maximum atomic E-state index is 9.27. The third-order valence-electron chi connectivity index (χ3n) is 5.23. The predicted octanol–water partition coefficient (Wildman–Crippen LogP) is 6.63. The molecule has 29 heavy (non-hydrogen) atoms. The fourth-order valence-electron chi connectivity index (χ4n) is 3.61. The smallest absolute Gasteiger partial charge is 0.0991 e. The van der Waals surface area contributed by atoms with E-state index in [0.29, 0.717) is 12.0 Å². The summed E-state index contributed by atoms with van der Waals surface area (Å²) in [5, 5.41) is 14.1. The van der Waals surface area contributed by atoms with Crippen LogP contribution in [0.4, 0.5) is 0 Å². The van der Waals surface area contributed by atoms with Gasteiger partial charge in [0.05, 0.1) is 11.6 Å². The average molecular weight is 392 g/mol. The van der Waals surface area contributed by atoms with E-state index in [1.165, 1.54) is 16.5 Å². The van der Waals surface area contributed by atoms with Crippen molar-refractivity contribution in [2.24, 2.45) is 7.05 Å². The van der Waals surface area contributed by atoms with Crippen LogP contribution < -0.4 is 5.32 Å². The first-order valence-corrected chi connectivity index (χ1v) is 10.7. The van der Waals surface area contributed by atoms with Crippen molar-refractivity contribution in [1.29, 1.82) is 5.26 Å². The van der Waals surface area contributed by atoms with Crippen molar-refractivity contribution in [3.05, 3.63) is 72.5 Å². The molecule has 3 nitrogen and oxygen atoms in total. The molecular weight excluding hydrogens is 354 g/mol. The maximum absolute atomic E-state index is 9.27. The van der Waals surface area contributed by atoms with Crippen LogP contribution in [0.5, 0.6) is 0 Å². The molecule has 0 saturated heterocycles. The molecule has 156 valence electrons. The first-order chi connectivity index (χ1) is 14.0. The number of benzene rings is 1. The normalized spacial score (nSPS) is 12.8. The van der Waals surface area contributed by atoms with Gasteiger partial charge < -0.3 is 9.88 Å². The third-order valence-corrected chi connectivity index (χ3v) is 5.23. The van der Waals surface area contributed by atoms with Gasteiger partial charge in [-0.25, -0.2) is 0 Å². The van der Waals surface area contributed by atoms with E-state index in [-0.39, 0.29) is 0 Å². The summed E-state index contributed by atoms with van der Waals surface area (Å²) in [6.45, 7) is 17.0. The van der Waals surface area contributed by atoms with Gasteiger partial charge in [-0.1, -0.05) is 59.1 Å². The Morgan fingerprint density at radius 1 is 1.28 bits per heavy atom. The zero-order valence-corrected chi connectivity index (χ0v) is 18.8. The standard InChI is InChI=1S/C24H31N3.C2H6/c1-6-9-10-18(4)16-26-21(8-3)14-20(7-2)23-17-27(5)24-12-11-19(15-25)13-22(23)24;1-2/h6,9-13,17,20-21,26H,1,4,7-8,14,16H2,2-3,5H3;1-2H3/b10-9-;. The van der Waals surface area contributed by atoms with Gasteiger partial charge in [-0.15, -0.1) is 0 Å². The van der Waals surface area contributed by atoms with E-state index in [1.807, 2.05) is 38.1 Å². The van der Waals surface area contributed by atoms with Crippen LogP contribution in [0, 0.1) is 11.3 Å². The van der Waals surface area contributed by atoms with Crippen LogP contribution in [0.2, 0.25) is 0 Å². The Morgan fingerprint density at radius 3 is 2.59 bits per heavy atom. The Morgan fingerprint density at radius 2 is 2.00 bits per heavy atom. The zero-order chi connectivity index (χ0) is 21.8. The lowest BCUT2D eigenvalue weighted by atomic mass is 9.88. The number of nitriles is 1. The summed E-state index contributed by atoms with van der Waals surface area (Å²) < 4.78 is 2.17. The molecule has 0 amide bonds. The minimum Gasteiger partial charge on any atom is -0.350 e. The zero-order valence-electron chi connectivity index (χ0n) is 18.8. The number of aryl methyl sites for hydroxylation is 1. The topological polar surface area (TPSA) is 40.8 Å². The predicted molar refractivity (Wildman–Crippen MR) is 127 cm³/mol. The summed E-state index contributed by atoms with van der Waals surface area (Å²) in [6.07, 6.45) is 11.1. The summed E-state index contributed by atoms with van der Waals surface area (Å²) in [6, 6.07) is 8.68. The van der Waals surface area contributed by atoms with Gasteiger partial charge in [0.1, 0.15) is 0 Å². The molecule has 0 saturated carbocycles. The molecule has 0 aliphatic carbocycles. The summed E-state index contributed by atoms with van der Waals surface area (Å²) in [5.41, 5.74) is 4.31. The molecule has 2 aromatic rings. The number of nitrogens with zero attached hydrogens (tertiary/aromatic N) is 2. The van der Waals surface area contributed by atoms with Gasteiger partial charge in [-0.05, 0) is 54.5 Å². The SMILES string of the molecule is C=C/C=C\C(=C)CNC(CC)CC(CC)c1cn(C)c2ccc(C#N)cc12.CC. The lowest BCUT2D eigenvalue weighted by Crippen LogP contribution is -2.31. The van der Waals surface area contributed by atoms with Gasteiger partial charge in [0, 0.05) is 36.7 Å². The van der Waals surface area contributed by atoms with E-state index in [2.05, 4.69) is 62.3 Å². The van der Waals surface area contributed by atoms with Crippen LogP contribution in [0.25, 0.3) is 10.9 Å². The molecule has 0 aliphatic rings. The van der Waals surface area contributed by atoms with Gasteiger partial charge in [-0.2, -0.15) is 5.26 Å². The molecule has 2 atom stereocenters. The fraction of sp³-hybridized carbons (Fsp3) is 0.423. The molecule has 1 aromatic carbocycles. The minimum atomic E-state index is 0.429. The molecule has 1 aromatic heterocycles. The molecule has 2 unspecified atom stereocenters. The molecule has 3 heteroatoms. The number of hydrogen-bond donors (Lipinski definition) is 1. The van der Waals surface area contributed by atoms with Gasteiger partial charge in [0.2, 0.25) is 0 Å². The second-order valence-corrected chi connectivity index (χ2v) is 7.12. The summed E-state index contributed by atoms with van der Waals surface area (Å²) >= 11 is 0. The van der Waals surface area contributed by atoms with Crippen molar-refractivity contribution in [2.75, 3.05) is 6.54 Å². The number of aromatic nitrogens is 1. The Labute approximate surface area is 177 Å². The van der Waals surface area contributed by atoms with Crippen molar-refractivity contribution >= 4 is 10.9 Å². The highest BCUT2D eigenvalue weighted by Crippen LogP contribution is 2.33. The van der Waals surface area contributed by atoms with Gasteiger partial charge >= 0.3 is 0 Å². The van der Waals surface area contributed by atoms with Crippen LogP contribution in [0.1, 0.15) is 64.0 Å². The number of allylic oxidation sites excluding steroid dienone is 2. The van der Waals surface area contributed by atoms with Gasteiger partial charge in [0.25, 0.3) is 0 Å². The highest BCUT2D eigenvalue weighted by atomic mass is 14.9. The second kappa shape index (κ2) is 12.8. The summed E-state index contributed by atoms with van der Waals surface area (Å²) in [5.74, 6) is 0.456. The quantitative estimate of drug-likeness (QED) is 0.462. The molecule has 0 aliphatic heterocycles. The number of nitrogens with one attached hydrogen (secondary N) is 1. The second-order valence-electron chi connectivity index (χ2n) is 7.12. The Balaban J connectivity index is 0.00000204. The van der Waals surface area contributed by atoms with Crippen molar-refractivity contribution in [2.45, 2.75) is 58.9 Å². The largest absolute Gasteiger partial charge is 0.350 e. The van der Waals surface area contributed by atoms with Crippen LogP contribution >= 0.6 is 0 Å². The third kappa shape index (κ3) is 6.76. The Kier molecular flexibility index (Phi) is 10.8. The number of rotatable bonds is 10. The average Bonchev–Trinajstić information content (AvgIpc) is 3.09. The van der Waals surface area contributed by atoms with Crippen LogP contribution in [0.3, 0.4) is 0 Å². The van der Waals surface area contributed by atoms with Gasteiger partial charge in [0.15, 0.2) is 0 Å². The lowest BCUT2D eigenvalue weighted by molar-refractivity contribution is 0.436. The molecule has 0 spiro atoms. The minimum absolute atomic E-state index is 0.429. The molecule has 2 rings (SSSR count). The first kappa shape index (κ1) is 24.5. The Bertz CT molecular complexity index is 864. The molecule has 1 N–H and O–H groups in total. The van der Waals surface area contributed by atoms with Crippen molar-refractivity contribution in [3.63, 3.8) is 0 Å². The highest BCUT2D eigenvalue weighted by Gasteiger charge is 2.20. The lowest BCUT2D eigenvalue weighted by Gasteiger charge is -2.23. The van der Waals surface area contributed by atoms with E-state index >= 15 is 0 Å². The Hall–Kier alpha value is -2.57. The van der Waals surface area contributed by atoms with Crippen LogP contribution in [-0.2, 0) is 7.05 Å². The monoisotopic (exact) mass is 391 g/mol. The molecule has 0 fully saturated rings. The number of fused-ring (bicyclic) bond motifs is 1. The van der Waals surface area contributed by atoms with Gasteiger partial charge in [-0.3, -0.25) is 0 Å². The van der Waals surface area contributed by atoms with Crippen molar-refractivity contribution < 1.29 is 0 Å². The van der Waals surface area contributed by atoms with Crippen molar-refractivity contribution in [1.82, 2.24) is 9.88 Å². The van der Waals surface area contributed by atoms with E-state index in [9.17, 15) is 5.26 Å². The van der Waals surface area contributed by atoms with E-state index in [0.717, 1.165) is 36.9 Å². The highest BCUT2D eigenvalue weighted by molar-refractivity contribution is 5.85. The van der Waals surface area contributed by atoms with E-state index in [4.69, 9.17) is 0 Å². The van der Waals surface area contributed by atoms with Crippen molar-refractivity contribution in [3.8, 4) is 6.07 Å². The van der Waals surface area contributed by atoms with E-state index < -0.39 is 0 Å². The molecule has 1 heterocycles. The first-order valence-electron chi connectivity index (χ1n) is 10.7. The van der Waals surface area contributed by atoms with Crippen LogP contribution in [0.15, 0.2) is 61.4 Å². The summed E-state index contributed by atoms with van der Waals surface area (Å²) in [4.78, 5) is 0. The molecular formula is C26H37N3.